The maximum absolute atomic E-state index is 11.8. The molecule has 0 aromatic carbocycles. The molecule has 1 aliphatic rings. The molecule has 1 aliphatic heterocycles. The van der Waals surface area contributed by atoms with Gasteiger partial charge in [-0.05, 0) is 11.8 Å². The molecule has 2 aromatic heterocycles. The number of phosphoric acid groups is 2. The van der Waals surface area contributed by atoms with Gasteiger partial charge in [-0.15, -0.1) is 0 Å². The lowest BCUT2D eigenvalue weighted by atomic mass is 10.2. The van der Waals surface area contributed by atoms with Gasteiger partial charge in [0.05, 0.1) is 19.0 Å². The van der Waals surface area contributed by atoms with Crippen molar-refractivity contribution >= 4 is 51.2 Å². The van der Waals surface area contributed by atoms with Crippen LogP contribution in [0.3, 0.4) is 0 Å². The Morgan fingerprint density at radius 2 is 1.90 bits per heavy atom. The molecule has 20 heteroatoms. The average molecular weight is 507 g/mol. The SMILES string of the molecule is Nc1ncnc2c1ncn2[C@H]1C[C@H](O)[C@@H](COP(=O)(O)OP(=O)(O)OP(O)(O)=S)O1. The molecule has 2 unspecified atom stereocenters. The number of nitrogen functional groups attached to an aromatic ring is 1. The van der Waals surface area contributed by atoms with Gasteiger partial charge in [0.15, 0.2) is 11.5 Å². The van der Waals surface area contributed by atoms with Crippen LogP contribution >= 0.6 is 22.4 Å². The van der Waals surface area contributed by atoms with Crippen LogP contribution in [0.15, 0.2) is 12.7 Å². The zero-order chi connectivity index (χ0) is 22.3. The maximum Gasteiger partial charge on any atom is 0.488 e. The van der Waals surface area contributed by atoms with Gasteiger partial charge in [0.25, 0.3) is 0 Å². The topological polar surface area (TPSA) is 242 Å². The van der Waals surface area contributed by atoms with Crippen molar-refractivity contribution in [1.82, 2.24) is 19.5 Å². The average Bonchev–Trinajstić information content (AvgIpc) is 3.14. The normalized spacial score (nSPS) is 26.5. The lowest BCUT2D eigenvalue weighted by Gasteiger charge is -2.20. The molecule has 16 nitrogen and oxygen atoms in total. The van der Waals surface area contributed by atoms with Crippen molar-refractivity contribution in [3.63, 3.8) is 0 Å². The number of ether oxygens (including phenoxy) is 1. The van der Waals surface area contributed by atoms with E-state index in [4.69, 9.17) is 20.3 Å². The zero-order valence-corrected chi connectivity index (χ0v) is 18.1. The van der Waals surface area contributed by atoms with Crippen LogP contribution in [0.2, 0.25) is 0 Å². The van der Waals surface area contributed by atoms with Gasteiger partial charge in [-0.25, -0.2) is 28.4 Å². The van der Waals surface area contributed by atoms with Crippen molar-refractivity contribution in [2.45, 2.75) is 24.9 Å². The van der Waals surface area contributed by atoms with Crippen LogP contribution in [0.1, 0.15) is 12.6 Å². The quantitative estimate of drug-likeness (QED) is 0.247. The predicted octanol–water partition coefficient (Wildman–Crippen LogP) is -0.483. The third kappa shape index (κ3) is 5.87. The van der Waals surface area contributed by atoms with Crippen molar-refractivity contribution in [2.75, 3.05) is 12.3 Å². The Balaban J connectivity index is 1.64. The third-order valence-corrected chi connectivity index (χ3v) is 8.12. The van der Waals surface area contributed by atoms with Gasteiger partial charge in [0, 0.05) is 6.42 Å². The van der Waals surface area contributed by atoms with Crippen LogP contribution in [0.25, 0.3) is 11.2 Å². The number of aliphatic hydroxyl groups excluding tert-OH is 1. The van der Waals surface area contributed by atoms with E-state index in [0.29, 0.717) is 11.2 Å². The lowest BCUT2D eigenvalue weighted by molar-refractivity contribution is -0.0423. The van der Waals surface area contributed by atoms with E-state index in [1.165, 1.54) is 17.2 Å². The first kappa shape index (κ1) is 23.8. The Labute approximate surface area is 172 Å². The van der Waals surface area contributed by atoms with Gasteiger partial charge in [-0.1, -0.05) is 0 Å². The number of phosphoric ester groups is 1. The first-order valence-electron chi connectivity index (χ1n) is 7.81. The Kier molecular flexibility index (Phi) is 6.78. The number of fused-ring (bicyclic) bond motifs is 1. The van der Waals surface area contributed by atoms with Crippen LogP contribution < -0.4 is 5.73 Å². The van der Waals surface area contributed by atoms with Gasteiger partial charge in [-0.3, -0.25) is 9.09 Å². The number of aliphatic hydroxyl groups is 1. The maximum atomic E-state index is 11.8. The van der Waals surface area contributed by atoms with Gasteiger partial charge in [0.2, 0.25) is 0 Å². The predicted molar refractivity (Wildman–Crippen MR) is 101 cm³/mol. The van der Waals surface area contributed by atoms with Crippen LogP contribution in [0.4, 0.5) is 5.82 Å². The molecule has 2 aromatic rings. The Morgan fingerprint density at radius 3 is 2.57 bits per heavy atom. The van der Waals surface area contributed by atoms with Crippen molar-refractivity contribution in [3.8, 4) is 0 Å². The number of hydrogen-bond acceptors (Lipinski definition) is 12. The minimum Gasteiger partial charge on any atom is -0.390 e. The number of anilines is 1. The summed E-state index contributed by atoms with van der Waals surface area (Å²) in [5.41, 5.74) is 6.36. The highest BCUT2D eigenvalue weighted by molar-refractivity contribution is 8.08. The number of hydrogen-bond donors (Lipinski definition) is 6. The van der Waals surface area contributed by atoms with Crippen molar-refractivity contribution in [3.05, 3.63) is 12.7 Å². The highest BCUT2D eigenvalue weighted by atomic mass is 32.5. The minimum atomic E-state index is -5.43. The van der Waals surface area contributed by atoms with Crippen molar-refractivity contribution < 1.29 is 51.7 Å². The fourth-order valence-corrected chi connectivity index (χ4v) is 6.38. The summed E-state index contributed by atoms with van der Waals surface area (Å²) < 4.78 is 42.6. The van der Waals surface area contributed by atoms with E-state index < -0.39 is 47.4 Å². The summed E-state index contributed by atoms with van der Waals surface area (Å²) in [6.07, 6.45) is -0.479. The molecular weight excluding hydrogens is 491 g/mol. The molecule has 0 bridgehead atoms. The molecule has 168 valence electrons. The summed E-state index contributed by atoms with van der Waals surface area (Å²) in [6.45, 7) is -5.40. The van der Waals surface area contributed by atoms with E-state index in [1.807, 2.05) is 0 Å². The Hall–Kier alpha value is -0.900. The summed E-state index contributed by atoms with van der Waals surface area (Å²) in [7, 11) is -10.7. The van der Waals surface area contributed by atoms with Crippen molar-refractivity contribution in [1.29, 1.82) is 0 Å². The molecule has 7 N–H and O–H groups in total. The van der Waals surface area contributed by atoms with Gasteiger partial charge in [-0.2, -0.15) is 4.31 Å². The smallest absolute Gasteiger partial charge is 0.390 e. The molecule has 1 saturated heterocycles. The van der Waals surface area contributed by atoms with Gasteiger partial charge >= 0.3 is 22.4 Å². The van der Waals surface area contributed by atoms with Crippen LogP contribution in [0, 0.1) is 0 Å². The number of imidazole rings is 1. The summed E-state index contributed by atoms with van der Waals surface area (Å²) in [4.78, 5) is 48.4. The van der Waals surface area contributed by atoms with Crippen LogP contribution in [0.5, 0.6) is 0 Å². The number of nitrogens with two attached hydrogens (primary N) is 1. The molecule has 1 fully saturated rings. The van der Waals surface area contributed by atoms with Crippen LogP contribution in [-0.2, 0) is 38.8 Å². The largest absolute Gasteiger partial charge is 0.488 e. The molecule has 0 spiro atoms. The minimum absolute atomic E-state index is 0.0273. The molecule has 3 rings (SSSR count). The second-order valence-electron chi connectivity index (χ2n) is 5.90. The molecule has 5 atom stereocenters. The molecule has 0 saturated carbocycles. The summed E-state index contributed by atoms with van der Waals surface area (Å²) in [5, 5.41) is 10.2. The standard InChI is InChI=1S/C10H16N5O11P3S/c11-9-8-10(13-3-12-9)15(4-14-8)7-1-5(16)6(24-7)2-23-27(17,18)25-28(19,20)26-29(21,22)30/h3-7,16H,1-2H2,(H,17,18)(H,19,20)(H2,11,12,13)(H2,21,22,30)/t5-,6+,7+/m0/s1. The summed E-state index contributed by atoms with van der Waals surface area (Å²) in [5.74, 6) is 0.141. The second kappa shape index (κ2) is 8.56. The van der Waals surface area contributed by atoms with E-state index in [9.17, 15) is 24.0 Å². The highest BCUT2D eigenvalue weighted by Gasteiger charge is 2.42. The monoisotopic (exact) mass is 507 g/mol. The van der Waals surface area contributed by atoms with E-state index >= 15 is 0 Å². The number of nitrogens with zero attached hydrogens (tertiary/aromatic N) is 4. The van der Waals surface area contributed by atoms with Crippen molar-refractivity contribution in [2.24, 2.45) is 0 Å². The second-order valence-corrected chi connectivity index (χ2v) is 11.7. The van der Waals surface area contributed by atoms with Gasteiger partial charge in [0.1, 0.15) is 24.2 Å². The first-order valence-corrected chi connectivity index (χ1v) is 13.4. The number of aromatic nitrogens is 4. The third-order valence-electron chi connectivity index (χ3n) is 3.72. The highest BCUT2D eigenvalue weighted by Crippen LogP contribution is 2.66. The fourth-order valence-electron chi connectivity index (χ4n) is 2.59. The molecule has 0 amide bonds. The molecular formula is C10H16N5O11P3S. The summed E-state index contributed by atoms with van der Waals surface area (Å²) >= 11 is 3.98. The van der Waals surface area contributed by atoms with E-state index in [2.05, 4.69) is 39.9 Å². The first-order chi connectivity index (χ1) is 13.8. The van der Waals surface area contributed by atoms with Gasteiger partial charge < -0.3 is 35.2 Å². The van der Waals surface area contributed by atoms with E-state index in [-0.39, 0.29) is 12.2 Å². The Bertz CT molecular complexity index is 1080. The lowest BCUT2D eigenvalue weighted by Crippen LogP contribution is -2.26. The fraction of sp³-hybridized carbons (Fsp3) is 0.500. The molecule has 0 radical (unpaired) electrons. The molecule has 0 aliphatic carbocycles. The van der Waals surface area contributed by atoms with E-state index in [1.54, 1.807) is 0 Å². The molecule has 30 heavy (non-hydrogen) atoms. The number of rotatable bonds is 8. The zero-order valence-electron chi connectivity index (χ0n) is 14.6. The Morgan fingerprint density at radius 1 is 1.20 bits per heavy atom. The summed E-state index contributed by atoms with van der Waals surface area (Å²) in [6, 6.07) is 0. The molecule has 3 heterocycles. The van der Waals surface area contributed by atoms with E-state index in [0.717, 1.165) is 0 Å². The van der Waals surface area contributed by atoms with Crippen LogP contribution in [-0.4, -0.2) is 63.0 Å².